The maximum atomic E-state index is 11.8. The second-order valence-electron chi connectivity index (χ2n) is 7.99. The fourth-order valence-electron chi connectivity index (χ4n) is 3.65. The number of hydrogen-bond donors (Lipinski definition) is 1. The van der Waals surface area contributed by atoms with Crippen molar-refractivity contribution < 1.29 is 9.53 Å². The van der Waals surface area contributed by atoms with E-state index >= 15 is 0 Å². The van der Waals surface area contributed by atoms with Crippen LogP contribution in [0.2, 0.25) is 0 Å². The first kappa shape index (κ1) is 21.8. The molecule has 170 valence electrons. The van der Waals surface area contributed by atoms with Crippen molar-refractivity contribution in [2.45, 2.75) is 20.8 Å². The smallest absolute Gasteiger partial charge is 0.262 e. The second kappa shape index (κ2) is 9.07. The predicted octanol–water partition coefficient (Wildman–Crippen LogP) is 5.06. The lowest BCUT2D eigenvalue weighted by Crippen LogP contribution is -2.25. The van der Waals surface area contributed by atoms with E-state index in [9.17, 15) is 4.79 Å². The first-order chi connectivity index (χ1) is 16.5. The number of amides is 1. The fraction of sp³-hybridized carbons (Fsp3) is 0.154. The third-order valence-electron chi connectivity index (χ3n) is 5.67. The Labute approximate surface area is 201 Å². The van der Waals surface area contributed by atoms with Crippen molar-refractivity contribution in [3.05, 3.63) is 87.8 Å². The summed E-state index contributed by atoms with van der Waals surface area (Å²) in [4.78, 5) is 21.9. The molecular weight excluding hydrogens is 446 g/mol. The summed E-state index contributed by atoms with van der Waals surface area (Å²) < 4.78 is 7.35. The molecule has 0 spiro atoms. The van der Waals surface area contributed by atoms with Crippen LogP contribution in [0, 0.1) is 13.8 Å². The zero-order valence-corrected chi connectivity index (χ0v) is 19.9. The number of nitrogens with zero attached hydrogens (tertiary/aromatic N) is 4. The number of fused-ring (bicyclic) bond motifs is 1. The molecule has 1 amide bonds. The number of hydrogen-bond acceptors (Lipinski definition) is 6. The van der Waals surface area contributed by atoms with Crippen LogP contribution in [0.15, 0.2) is 76.3 Å². The van der Waals surface area contributed by atoms with E-state index in [1.165, 1.54) is 16.9 Å². The van der Waals surface area contributed by atoms with Gasteiger partial charge in [0.15, 0.2) is 6.61 Å². The van der Waals surface area contributed by atoms with E-state index in [4.69, 9.17) is 14.8 Å². The topological polar surface area (TPSA) is 80.9 Å². The van der Waals surface area contributed by atoms with Gasteiger partial charge in [-0.1, -0.05) is 18.2 Å². The molecule has 0 radical (unpaired) electrons. The molecule has 7 nitrogen and oxygen atoms in total. The Morgan fingerprint density at radius 1 is 1.15 bits per heavy atom. The molecule has 2 aromatic carbocycles. The molecule has 0 saturated heterocycles. The van der Waals surface area contributed by atoms with E-state index in [-0.39, 0.29) is 12.5 Å². The highest BCUT2D eigenvalue weighted by atomic mass is 32.1. The van der Waals surface area contributed by atoms with E-state index in [2.05, 4.69) is 30.2 Å². The number of nitrogens with one attached hydrogen (secondary N) is 1. The number of pyridine rings is 1. The number of benzene rings is 2. The van der Waals surface area contributed by atoms with Crippen LogP contribution < -0.4 is 14.9 Å². The number of ether oxygens (including phenoxy) is 1. The summed E-state index contributed by atoms with van der Waals surface area (Å²) in [5.74, 6) is 0.482. The lowest BCUT2D eigenvalue weighted by molar-refractivity contribution is -0.118. The van der Waals surface area contributed by atoms with Crippen LogP contribution >= 0.6 is 11.3 Å². The van der Waals surface area contributed by atoms with Crippen molar-refractivity contribution in [2.75, 3.05) is 11.9 Å². The quantitative estimate of drug-likeness (QED) is 0.424. The van der Waals surface area contributed by atoms with Gasteiger partial charge in [0.1, 0.15) is 5.75 Å². The lowest BCUT2D eigenvalue weighted by atomic mass is 10.1. The van der Waals surface area contributed by atoms with Crippen LogP contribution in [0.25, 0.3) is 11.3 Å². The van der Waals surface area contributed by atoms with Gasteiger partial charge in [0.05, 0.1) is 28.5 Å². The molecule has 0 unspecified atom stereocenters. The van der Waals surface area contributed by atoms with Crippen LogP contribution in [0.3, 0.4) is 0 Å². The van der Waals surface area contributed by atoms with Crippen molar-refractivity contribution in [2.24, 2.45) is 10.1 Å². The number of rotatable bonds is 4. The van der Waals surface area contributed by atoms with Gasteiger partial charge in [-0.3, -0.25) is 9.78 Å². The second-order valence-corrected chi connectivity index (χ2v) is 8.83. The average Bonchev–Trinajstić information content (AvgIpc) is 3.24. The Hall–Kier alpha value is -4.04. The van der Waals surface area contributed by atoms with Crippen molar-refractivity contribution in [3.8, 4) is 17.0 Å². The predicted molar refractivity (Wildman–Crippen MR) is 135 cm³/mol. The minimum absolute atomic E-state index is 0.0250. The Kier molecular flexibility index (Phi) is 5.81. The standard InChI is InChI=1S/C26H23N5O2S/c1-16-7-6-9-20(17(16)2)29-26-31(30-18(3)21-8-4-5-12-27-21)23(15-34-26)19-10-11-24-22(13-19)28-25(32)14-33-24/h4-13,15H,14H2,1-3H3,(H,28,32). The first-order valence-corrected chi connectivity index (χ1v) is 11.7. The normalized spacial score (nSPS) is 13.9. The molecule has 1 N–H and O–H groups in total. The molecular formula is C26H23N5O2S. The highest BCUT2D eigenvalue weighted by molar-refractivity contribution is 7.07. The van der Waals surface area contributed by atoms with Gasteiger partial charge in [-0.15, -0.1) is 11.3 Å². The van der Waals surface area contributed by atoms with E-state index in [1.807, 2.05) is 65.5 Å². The number of thiazole rings is 1. The molecule has 5 rings (SSSR count). The molecule has 2 aromatic heterocycles. The van der Waals surface area contributed by atoms with E-state index in [0.29, 0.717) is 11.4 Å². The molecule has 3 heterocycles. The summed E-state index contributed by atoms with van der Waals surface area (Å²) >= 11 is 1.51. The Morgan fingerprint density at radius 3 is 2.85 bits per heavy atom. The number of aromatic nitrogens is 2. The van der Waals surface area contributed by atoms with Crippen LogP contribution in [0.1, 0.15) is 23.7 Å². The molecule has 0 aliphatic carbocycles. The number of carbonyl (C=O) groups excluding carboxylic acids is 1. The molecule has 0 fully saturated rings. The number of carbonyl (C=O) groups is 1. The van der Waals surface area contributed by atoms with Crippen LogP contribution in [0.5, 0.6) is 5.75 Å². The Balaban J connectivity index is 1.69. The Morgan fingerprint density at radius 2 is 2.03 bits per heavy atom. The number of aryl methyl sites for hydroxylation is 1. The minimum Gasteiger partial charge on any atom is -0.482 e. The first-order valence-electron chi connectivity index (χ1n) is 10.8. The molecule has 0 bridgehead atoms. The summed E-state index contributed by atoms with van der Waals surface area (Å²) in [6.45, 7) is 6.10. The highest BCUT2D eigenvalue weighted by Crippen LogP contribution is 2.33. The fourth-order valence-corrected chi connectivity index (χ4v) is 4.50. The molecule has 4 aromatic rings. The molecule has 0 saturated carbocycles. The third-order valence-corrected chi connectivity index (χ3v) is 6.49. The Bertz CT molecular complexity index is 1480. The lowest BCUT2D eigenvalue weighted by Gasteiger charge is -2.18. The molecule has 34 heavy (non-hydrogen) atoms. The summed E-state index contributed by atoms with van der Waals surface area (Å²) in [5.41, 5.74) is 7.15. The van der Waals surface area contributed by atoms with Gasteiger partial charge in [-0.2, -0.15) is 5.10 Å². The largest absolute Gasteiger partial charge is 0.482 e. The van der Waals surface area contributed by atoms with Gasteiger partial charge < -0.3 is 10.1 Å². The maximum Gasteiger partial charge on any atom is 0.262 e. The molecule has 0 atom stereocenters. The van der Waals surface area contributed by atoms with E-state index in [0.717, 1.165) is 38.7 Å². The van der Waals surface area contributed by atoms with Gasteiger partial charge in [0.2, 0.25) is 4.80 Å². The zero-order chi connectivity index (χ0) is 23.7. The van der Waals surface area contributed by atoms with Gasteiger partial charge in [-0.25, -0.2) is 9.67 Å². The van der Waals surface area contributed by atoms with Crippen molar-refractivity contribution >= 4 is 34.3 Å². The molecule has 1 aliphatic heterocycles. The van der Waals surface area contributed by atoms with Gasteiger partial charge in [0, 0.05) is 17.1 Å². The minimum atomic E-state index is -0.169. The van der Waals surface area contributed by atoms with E-state index in [1.54, 1.807) is 6.20 Å². The van der Waals surface area contributed by atoms with E-state index < -0.39 is 0 Å². The SMILES string of the molecule is CC(=Nn1c(-c2ccc3c(c2)NC(=O)CO3)csc1=Nc1cccc(C)c1C)c1ccccn1. The maximum absolute atomic E-state index is 11.8. The summed E-state index contributed by atoms with van der Waals surface area (Å²) in [5, 5.41) is 9.81. The highest BCUT2D eigenvalue weighted by Gasteiger charge is 2.18. The summed E-state index contributed by atoms with van der Waals surface area (Å²) in [7, 11) is 0. The number of anilines is 1. The van der Waals surface area contributed by atoms with Crippen molar-refractivity contribution in [3.63, 3.8) is 0 Å². The average molecular weight is 470 g/mol. The van der Waals surface area contributed by atoms with Gasteiger partial charge >= 0.3 is 0 Å². The summed E-state index contributed by atoms with van der Waals surface area (Å²) in [6, 6.07) is 17.6. The molecule has 1 aliphatic rings. The molecule has 8 heteroatoms. The monoisotopic (exact) mass is 469 g/mol. The van der Waals surface area contributed by atoms with Crippen molar-refractivity contribution in [1.82, 2.24) is 9.66 Å². The van der Waals surface area contributed by atoms with Gasteiger partial charge in [-0.05, 0) is 68.3 Å². The summed E-state index contributed by atoms with van der Waals surface area (Å²) in [6.07, 6.45) is 1.75. The van der Waals surface area contributed by atoms with Crippen LogP contribution in [-0.4, -0.2) is 27.9 Å². The van der Waals surface area contributed by atoms with Crippen LogP contribution in [0.4, 0.5) is 11.4 Å². The van der Waals surface area contributed by atoms with Gasteiger partial charge in [0.25, 0.3) is 5.91 Å². The van der Waals surface area contributed by atoms with Crippen LogP contribution in [-0.2, 0) is 4.79 Å². The van der Waals surface area contributed by atoms with Crippen molar-refractivity contribution in [1.29, 1.82) is 0 Å². The third kappa shape index (κ3) is 4.27. The zero-order valence-electron chi connectivity index (χ0n) is 19.1.